The van der Waals surface area contributed by atoms with Crippen LogP contribution in [-0.4, -0.2) is 38.1 Å². The number of hydrogen-bond acceptors (Lipinski definition) is 4. The highest BCUT2D eigenvalue weighted by atomic mass is 16.5. The van der Waals surface area contributed by atoms with Crippen molar-refractivity contribution in [3.63, 3.8) is 0 Å². The molecule has 0 radical (unpaired) electrons. The van der Waals surface area contributed by atoms with Crippen LogP contribution in [0.25, 0.3) is 11.1 Å². The van der Waals surface area contributed by atoms with Gasteiger partial charge in [-0.25, -0.2) is 0 Å². The van der Waals surface area contributed by atoms with Crippen LogP contribution in [0.1, 0.15) is 11.3 Å². The van der Waals surface area contributed by atoms with Gasteiger partial charge in [-0.05, 0) is 29.7 Å². The standard InChI is InChI=1S/C23H26N2O3/c1-24-22(26)17-25(16-20-11-7-15-28-20)14-13-19-10-6-12-21(23(19)27-2)18-8-4-3-5-9-18/h3-12,15H,13-14,16-17H2,1-2H3,(H,24,26). The molecule has 0 aliphatic heterocycles. The summed E-state index contributed by atoms with van der Waals surface area (Å²) >= 11 is 0. The second-order valence-electron chi connectivity index (χ2n) is 6.58. The summed E-state index contributed by atoms with van der Waals surface area (Å²) in [5, 5.41) is 2.69. The highest BCUT2D eigenvalue weighted by Crippen LogP contribution is 2.33. The molecule has 1 amide bonds. The van der Waals surface area contributed by atoms with E-state index in [2.05, 4.69) is 40.5 Å². The largest absolute Gasteiger partial charge is 0.496 e. The number of rotatable bonds is 9. The Hall–Kier alpha value is -3.05. The van der Waals surface area contributed by atoms with Crippen molar-refractivity contribution < 1.29 is 13.9 Å². The molecule has 3 aromatic rings. The molecule has 5 nitrogen and oxygen atoms in total. The van der Waals surface area contributed by atoms with E-state index in [0.717, 1.165) is 34.6 Å². The molecule has 0 saturated heterocycles. The Morgan fingerprint density at radius 3 is 2.57 bits per heavy atom. The van der Waals surface area contributed by atoms with Gasteiger partial charge in [0.15, 0.2) is 0 Å². The van der Waals surface area contributed by atoms with Crippen LogP contribution < -0.4 is 10.1 Å². The molecule has 1 aromatic heterocycles. The molecule has 0 bridgehead atoms. The lowest BCUT2D eigenvalue weighted by molar-refractivity contribution is -0.121. The number of ether oxygens (including phenoxy) is 1. The minimum absolute atomic E-state index is 0.0171. The number of benzene rings is 2. The Bertz CT molecular complexity index is 876. The molecular weight excluding hydrogens is 352 g/mol. The zero-order chi connectivity index (χ0) is 19.8. The number of amides is 1. The second-order valence-corrected chi connectivity index (χ2v) is 6.58. The molecule has 28 heavy (non-hydrogen) atoms. The Morgan fingerprint density at radius 2 is 1.89 bits per heavy atom. The zero-order valence-corrected chi connectivity index (χ0v) is 16.4. The molecular formula is C23H26N2O3. The lowest BCUT2D eigenvalue weighted by Crippen LogP contribution is -2.36. The first kappa shape index (κ1) is 19.7. The first-order valence-corrected chi connectivity index (χ1v) is 9.38. The first-order valence-electron chi connectivity index (χ1n) is 9.38. The number of methoxy groups -OCH3 is 1. The maximum Gasteiger partial charge on any atom is 0.233 e. The molecule has 0 spiro atoms. The van der Waals surface area contributed by atoms with Gasteiger partial charge < -0.3 is 14.5 Å². The van der Waals surface area contributed by atoms with Crippen LogP contribution in [0.3, 0.4) is 0 Å². The van der Waals surface area contributed by atoms with Crippen molar-refractivity contribution in [1.82, 2.24) is 10.2 Å². The highest BCUT2D eigenvalue weighted by Gasteiger charge is 2.15. The van der Waals surface area contributed by atoms with E-state index >= 15 is 0 Å². The predicted molar refractivity (Wildman–Crippen MR) is 110 cm³/mol. The summed E-state index contributed by atoms with van der Waals surface area (Å²) < 4.78 is 11.2. The fourth-order valence-corrected chi connectivity index (χ4v) is 3.27. The van der Waals surface area contributed by atoms with Crippen LogP contribution in [0.15, 0.2) is 71.3 Å². The molecule has 0 unspecified atom stereocenters. The van der Waals surface area contributed by atoms with Crippen LogP contribution in [0.4, 0.5) is 0 Å². The van der Waals surface area contributed by atoms with Crippen LogP contribution >= 0.6 is 0 Å². The molecule has 146 valence electrons. The average molecular weight is 378 g/mol. The molecule has 1 heterocycles. The summed E-state index contributed by atoms with van der Waals surface area (Å²) in [4.78, 5) is 14.0. The summed E-state index contributed by atoms with van der Waals surface area (Å²) in [6.45, 7) is 1.61. The van der Waals surface area contributed by atoms with Crippen LogP contribution in [0.2, 0.25) is 0 Å². The number of furan rings is 1. The van der Waals surface area contributed by atoms with Crippen molar-refractivity contribution in [2.75, 3.05) is 27.2 Å². The highest BCUT2D eigenvalue weighted by molar-refractivity contribution is 5.77. The fraction of sp³-hybridized carbons (Fsp3) is 0.261. The van der Waals surface area contributed by atoms with Gasteiger partial charge in [-0.15, -0.1) is 0 Å². The molecule has 0 atom stereocenters. The first-order chi connectivity index (χ1) is 13.7. The molecule has 0 saturated carbocycles. The van der Waals surface area contributed by atoms with Gasteiger partial charge in [0.25, 0.3) is 0 Å². The molecule has 5 heteroatoms. The maximum absolute atomic E-state index is 11.9. The van der Waals surface area contributed by atoms with Crippen molar-refractivity contribution in [1.29, 1.82) is 0 Å². The molecule has 1 N–H and O–H groups in total. The van der Waals surface area contributed by atoms with Crippen molar-refractivity contribution in [2.45, 2.75) is 13.0 Å². The van der Waals surface area contributed by atoms with Gasteiger partial charge in [0.1, 0.15) is 11.5 Å². The van der Waals surface area contributed by atoms with E-state index in [1.165, 1.54) is 0 Å². The predicted octanol–water partition coefficient (Wildman–Crippen LogP) is 3.75. The van der Waals surface area contributed by atoms with E-state index in [1.54, 1.807) is 20.4 Å². The van der Waals surface area contributed by atoms with E-state index in [4.69, 9.17) is 9.15 Å². The molecule has 2 aromatic carbocycles. The average Bonchev–Trinajstić information content (AvgIpc) is 3.25. The van der Waals surface area contributed by atoms with Crippen molar-refractivity contribution in [2.24, 2.45) is 0 Å². The Kier molecular flexibility index (Phi) is 6.87. The van der Waals surface area contributed by atoms with E-state index in [0.29, 0.717) is 19.6 Å². The Balaban J connectivity index is 1.78. The van der Waals surface area contributed by atoms with Crippen molar-refractivity contribution >= 4 is 5.91 Å². The van der Waals surface area contributed by atoms with E-state index in [-0.39, 0.29) is 5.91 Å². The lowest BCUT2D eigenvalue weighted by atomic mass is 9.99. The van der Waals surface area contributed by atoms with Crippen LogP contribution in [-0.2, 0) is 17.8 Å². The summed E-state index contributed by atoms with van der Waals surface area (Å²) in [6.07, 6.45) is 2.42. The monoisotopic (exact) mass is 378 g/mol. The third kappa shape index (κ3) is 5.02. The van der Waals surface area contributed by atoms with E-state index in [9.17, 15) is 4.79 Å². The smallest absolute Gasteiger partial charge is 0.233 e. The normalized spacial score (nSPS) is 10.8. The second kappa shape index (κ2) is 9.76. The fourth-order valence-electron chi connectivity index (χ4n) is 3.27. The van der Waals surface area contributed by atoms with Gasteiger partial charge >= 0.3 is 0 Å². The summed E-state index contributed by atoms with van der Waals surface area (Å²) in [5.74, 6) is 1.71. The minimum atomic E-state index is -0.0171. The summed E-state index contributed by atoms with van der Waals surface area (Å²) in [6, 6.07) is 20.2. The maximum atomic E-state index is 11.9. The van der Waals surface area contributed by atoms with E-state index < -0.39 is 0 Å². The van der Waals surface area contributed by atoms with E-state index in [1.807, 2.05) is 30.3 Å². The number of carbonyl (C=O) groups is 1. The third-order valence-electron chi connectivity index (χ3n) is 4.69. The number of hydrogen-bond donors (Lipinski definition) is 1. The number of carbonyl (C=O) groups excluding carboxylic acids is 1. The van der Waals surface area contributed by atoms with Crippen molar-refractivity contribution in [3.8, 4) is 16.9 Å². The van der Waals surface area contributed by atoms with Crippen molar-refractivity contribution in [3.05, 3.63) is 78.3 Å². The lowest BCUT2D eigenvalue weighted by Gasteiger charge is -2.21. The third-order valence-corrected chi connectivity index (χ3v) is 4.69. The quantitative estimate of drug-likeness (QED) is 0.616. The number of nitrogens with one attached hydrogen (secondary N) is 1. The topological polar surface area (TPSA) is 54.7 Å². The van der Waals surface area contributed by atoms with Gasteiger partial charge in [0.05, 0.1) is 26.5 Å². The minimum Gasteiger partial charge on any atom is -0.496 e. The van der Waals surface area contributed by atoms with Crippen LogP contribution in [0.5, 0.6) is 5.75 Å². The Morgan fingerprint density at radius 1 is 1.07 bits per heavy atom. The van der Waals surface area contributed by atoms with Gasteiger partial charge in [0, 0.05) is 19.2 Å². The van der Waals surface area contributed by atoms with Gasteiger partial charge in [-0.3, -0.25) is 9.69 Å². The number of likely N-dealkylation sites (N-methyl/N-ethyl adjacent to an activating group) is 1. The zero-order valence-electron chi connectivity index (χ0n) is 16.4. The summed E-state index contributed by atoms with van der Waals surface area (Å²) in [5.41, 5.74) is 3.31. The van der Waals surface area contributed by atoms with Crippen LogP contribution in [0, 0.1) is 0 Å². The number of nitrogens with zero attached hydrogens (tertiary/aromatic N) is 1. The molecule has 0 aliphatic rings. The Labute approximate surface area is 165 Å². The molecule has 3 rings (SSSR count). The molecule has 0 aliphatic carbocycles. The van der Waals surface area contributed by atoms with Gasteiger partial charge in [0.2, 0.25) is 5.91 Å². The van der Waals surface area contributed by atoms with Gasteiger partial charge in [-0.2, -0.15) is 0 Å². The molecule has 0 fully saturated rings. The summed E-state index contributed by atoms with van der Waals surface area (Å²) in [7, 11) is 3.36. The SMILES string of the molecule is CNC(=O)CN(CCc1cccc(-c2ccccc2)c1OC)Cc1ccco1. The van der Waals surface area contributed by atoms with Gasteiger partial charge in [-0.1, -0.05) is 48.5 Å². The number of para-hydroxylation sites is 1.